The molecule has 0 bridgehead atoms. The summed E-state index contributed by atoms with van der Waals surface area (Å²) in [5, 5.41) is 5.20. The molecule has 0 fully saturated rings. The molecule has 0 unspecified atom stereocenters. The van der Waals surface area contributed by atoms with Crippen molar-refractivity contribution >= 4 is 23.2 Å². The number of halogens is 2. The zero-order chi connectivity index (χ0) is 13.3. The molecule has 0 saturated carbocycles. The van der Waals surface area contributed by atoms with E-state index in [1.165, 1.54) is 0 Å². The van der Waals surface area contributed by atoms with E-state index in [0.717, 1.165) is 5.56 Å². The van der Waals surface area contributed by atoms with Gasteiger partial charge in [0.1, 0.15) is 0 Å². The maximum Gasteiger partial charge on any atom is 0.231 e. The molecule has 0 radical (unpaired) electrons. The van der Waals surface area contributed by atoms with Crippen molar-refractivity contribution in [2.24, 2.45) is 0 Å². The fourth-order valence-corrected chi connectivity index (χ4v) is 1.93. The normalized spacial score (nSPS) is 11.8. The van der Waals surface area contributed by atoms with E-state index in [0.29, 0.717) is 28.2 Å². The van der Waals surface area contributed by atoms with Gasteiger partial charge in [0.2, 0.25) is 5.89 Å². The Morgan fingerprint density at radius 1 is 1.22 bits per heavy atom. The summed E-state index contributed by atoms with van der Waals surface area (Å²) >= 11 is 11.9. The van der Waals surface area contributed by atoms with Crippen molar-refractivity contribution in [3.05, 3.63) is 45.5 Å². The van der Waals surface area contributed by atoms with Gasteiger partial charge in [-0.25, -0.2) is 0 Å². The van der Waals surface area contributed by atoms with Gasteiger partial charge in [0.15, 0.2) is 5.82 Å². The highest BCUT2D eigenvalue weighted by molar-refractivity contribution is 6.35. The van der Waals surface area contributed by atoms with Gasteiger partial charge in [-0.2, -0.15) is 4.98 Å². The van der Waals surface area contributed by atoms with Gasteiger partial charge in [-0.15, -0.1) is 0 Å². The molecule has 3 nitrogen and oxygen atoms in total. The average molecular weight is 285 g/mol. The van der Waals surface area contributed by atoms with E-state index in [4.69, 9.17) is 27.7 Å². The fraction of sp³-hybridized carbons (Fsp3) is 0.385. The predicted octanol–water partition coefficient (Wildman–Crippen LogP) is 4.26. The largest absolute Gasteiger partial charge is 0.339 e. The number of rotatable bonds is 2. The monoisotopic (exact) mass is 284 g/mol. The first-order valence-corrected chi connectivity index (χ1v) is 6.39. The Morgan fingerprint density at radius 3 is 2.50 bits per heavy atom. The third kappa shape index (κ3) is 3.03. The molecule has 2 rings (SSSR count). The Kier molecular flexibility index (Phi) is 3.64. The molecule has 0 atom stereocenters. The number of hydrogen-bond acceptors (Lipinski definition) is 3. The zero-order valence-corrected chi connectivity index (χ0v) is 12.0. The van der Waals surface area contributed by atoms with Crippen molar-refractivity contribution in [1.82, 2.24) is 10.1 Å². The van der Waals surface area contributed by atoms with Gasteiger partial charge in [-0.3, -0.25) is 0 Å². The Morgan fingerprint density at radius 2 is 1.94 bits per heavy atom. The molecule has 0 aliphatic heterocycles. The van der Waals surface area contributed by atoms with Gasteiger partial charge in [0, 0.05) is 15.5 Å². The summed E-state index contributed by atoms with van der Waals surface area (Å²) in [6, 6.07) is 5.37. The quantitative estimate of drug-likeness (QED) is 0.827. The molecule has 2 aromatic rings. The molecule has 0 N–H and O–H groups in total. The molecule has 1 heterocycles. The molecule has 1 aromatic carbocycles. The van der Waals surface area contributed by atoms with Crippen LogP contribution >= 0.6 is 23.2 Å². The summed E-state index contributed by atoms with van der Waals surface area (Å²) in [4.78, 5) is 4.37. The van der Waals surface area contributed by atoms with E-state index in [9.17, 15) is 0 Å². The van der Waals surface area contributed by atoms with Crippen LogP contribution in [0.4, 0.5) is 0 Å². The lowest BCUT2D eigenvalue weighted by atomic mass is 9.96. The minimum Gasteiger partial charge on any atom is -0.339 e. The standard InChI is InChI=1S/C13H14Cl2N2O/c1-13(2,3)12-16-11(18-17-12)6-8-4-5-9(14)7-10(8)15/h4-5,7H,6H2,1-3H3. The van der Waals surface area contributed by atoms with Crippen LogP contribution in [0.3, 0.4) is 0 Å². The Bertz CT molecular complexity index is 558. The zero-order valence-electron chi connectivity index (χ0n) is 10.5. The highest BCUT2D eigenvalue weighted by atomic mass is 35.5. The first kappa shape index (κ1) is 13.4. The van der Waals surface area contributed by atoms with E-state index >= 15 is 0 Å². The third-order valence-corrected chi connectivity index (χ3v) is 3.08. The molecule has 0 aliphatic carbocycles. The first-order chi connectivity index (χ1) is 8.36. The Hall–Kier alpha value is -1.06. The van der Waals surface area contributed by atoms with Crippen molar-refractivity contribution in [1.29, 1.82) is 0 Å². The molecule has 96 valence electrons. The summed E-state index contributed by atoms with van der Waals surface area (Å²) in [7, 11) is 0. The third-order valence-electron chi connectivity index (χ3n) is 2.50. The highest BCUT2D eigenvalue weighted by Gasteiger charge is 2.21. The van der Waals surface area contributed by atoms with Gasteiger partial charge >= 0.3 is 0 Å². The Balaban J connectivity index is 2.21. The smallest absolute Gasteiger partial charge is 0.231 e. The van der Waals surface area contributed by atoms with Gasteiger partial charge < -0.3 is 4.52 Å². The molecular weight excluding hydrogens is 271 g/mol. The maximum absolute atomic E-state index is 6.10. The molecular formula is C13H14Cl2N2O. The van der Waals surface area contributed by atoms with Crippen molar-refractivity contribution in [3.63, 3.8) is 0 Å². The SMILES string of the molecule is CC(C)(C)c1noc(Cc2ccc(Cl)cc2Cl)n1. The summed E-state index contributed by atoms with van der Waals surface area (Å²) in [5.41, 5.74) is 0.802. The predicted molar refractivity (Wildman–Crippen MR) is 72.3 cm³/mol. The molecule has 0 amide bonds. The van der Waals surface area contributed by atoms with E-state index in [2.05, 4.69) is 10.1 Å². The molecule has 5 heteroatoms. The second-order valence-corrected chi connectivity index (χ2v) is 6.02. The van der Waals surface area contributed by atoms with Crippen molar-refractivity contribution in [2.75, 3.05) is 0 Å². The summed E-state index contributed by atoms with van der Waals surface area (Å²) in [6.45, 7) is 6.12. The van der Waals surface area contributed by atoms with E-state index in [1.54, 1.807) is 12.1 Å². The van der Waals surface area contributed by atoms with Crippen LogP contribution in [0.15, 0.2) is 22.7 Å². The molecule has 0 spiro atoms. The summed E-state index contributed by atoms with van der Waals surface area (Å²) in [6.07, 6.45) is 0.513. The lowest BCUT2D eigenvalue weighted by Gasteiger charge is -2.10. The van der Waals surface area contributed by atoms with Gasteiger partial charge in [0.05, 0.1) is 6.42 Å². The lowest BCUT2D eigenvalue weighted by Crippen LogP contribution is -2.13. The van der Waals surface area contributed by atoms with Crippen molar-refractivity contribution < 1.29 is 4.52 Å². The van der Waals surface area contributed by atoms with Crippen molar-refractivity contribution in [3.8, 4) is 0 Å². The van der Waals surface area contributed by atoms with Gasteiger partial charge in [0.25, 0.3) is 0 Å². The summed E-state index contributed by atoms with van der Waals surface area (Å²) < 4.78 is 5.23. The van der Waals surface area contributed by atoms with E-state index in [1.807, 2.05) is 26.8 Å². The van der Waals surface area contributed by atoms with E-state index < -0.39 is 0 Å². The van der Waals surface area contributed by atoms with Crippen LogP contribution in [0, 0.1) is 0 Å². The minimum absolute atomic E-state index is 0.120. The van der Waals surface area contributed by atoms with Gasteiger partial charge in [-0.05, 0) is 17.7 Å². The number of hydrogen-bond donors (Lipinski definition) is 0. The molecule has 18 heavy (non-hydrogen) atoms. The molecule has 1 aromatic heterocycles. The van der Waals surface area contributed by atoms with Crippen LogP contribution in [-0.2, 0) is 11.8 Å². The number of nitrogens with zero attached hydrogens (tertiary/aromatic N) is 2. The minimum atomic E-state index is -0.120. The highest BCUT2D eigenvalue weighted by Crippen LogP contribution is 2.24. The van der Waals surface area contributed by atoms with Crippen LogP contribution in [-0.4, -0.2) is 10.1 Å². The maximum atomic E-state index is 6.10. The average Bonchev–Trinajstić information content (AvgIpc) is 2.70. The van der Waals surface area contributed by atoms with Crippen LogP contribution in [0.1, 0.15) is 38.0 Å². The van der Waals surface area contributed by atoms with Crippen LogP contribution < -0.4 is 0 Å². The second-order valence-electron chi connectivity index (χ2n) is 5.17. The van der Waals surface area contributed by atoms with Crippen molar-refractivity contribution in [2.45, 2.75) is 32.6 Å². The second kappa shape index (κ2) is 4.90. The van der Waals surface area contributed by atoms with Crippen LogP contribution in [0.2, 0.25) is 10.0 Å². The topological polar surface area (TPSA) is 38.9 Å². The van der Waals surface area contributed by atoms with E-state index in [-0.39, 0.29) is 5.41 Å². The first-order valence-electron chi connectivity index (χ1n) is 5.63. The van der Waals surface area contributed by atoms with Crippen LogP contribution in [0.25, 0.3) is 0 Å². The number of benzene rings is 1. The molecule has 0 saturated heterocycles. The fourth-order valence-electron chi connectivity index (χ4n) is 1.46. The van der Waals surface area contributed by atoms with Crippen LogP contribution in [0.5, 0.6) is 0 Å². The number of aromatic nitrogens is 2. The molecule has 0 aliphatic rings. The summed E-state index contributed by atoms with van der Waals surface area (Å²) in [5.74, 6) is 1.26. The van der Waals surface area contributed by atoms with Gasteiger partial charge in [-0.1, -0.05) is 55.2 Å². The lowest BCUT2D eigenvalue weighted by molar-refractivity contribution is 0.368. The Labute approximate surface area is 116 Å².